The highest BCUT2D eigenvalue weighted by Gasteiger charge is 2.32. The van der Waals surface area contributed by atoms with Gasteiger partial charge in [0, 0.05) is 19.1 Å². The average Bonchev–Trinajstić information content (AvgIpc) is 3.33. The van der Waals surface area contributed by atoms with Crippen LogP contribution in [0, 0.1) is 0 Å². The van der Waals surface area contributed by atoms with Crippen molar-refractivity contribution in [1.82, 2.24) is 14.5 Å². The van der Waals surface area contributed by atoms with E-state index in [1.54, 1.807) is 0 Å². The number of H-pyrrole nitrogens is 1. The van der Waals surface area contributed by atoms with Gasteiger partial charge < -0.3 is 20.1 Å². The van der Waals surface area contributed by atoms with Gasteiger partial charge in [-0.1, -0.05) is 32.8 Å². The number of nitrogens with two attached hydrogens (primary N) is 1. The minimum absolute atomic E-state index is 0.0476. The van der Waals surface area contributed by atoms with Crippen LogP contribution in [0.2, 0.25) is 0 Å². The molecular weight excluding hydrogens is 462 g/mol. The van der Waals surface area contributed by atoms with E-state index < -0.39 is 11.2 Å². The molecule has 4 rings (SSSR count). The second kappa shape index (κ2) is 11.6. The molecule has 10 nitrogen and oxygen atoms in total. The summed E-state index contributed by atoms with van der Waals surface area (Å²) in [6.07, 6.45) is 5.06. The monoisotopic (exact) mass is 499 g/mol. The zero-order valence-electron chi connectivity index (χ0n) is 21.3. The fourth-order valence-electron chi connectivity index (χ4n) is 4.97. The number of aromatic nitrogens is 2. The Hall–Kier alpha value is -3.27. The van der Waals surface area contributed by atoms with Gasteiger partial charge in [0.15, 0.2) is 17.2 Å². The van der Waals surface area contributed by atoms with Crippen molar-refractivity contribution in [2.45, 2.75) is 65.0 Å². The third-order valence-corrected chi connectivity index (χ3v) is 6.91. The van der Waals surface area contributed by atoms with Gasteiger partial charge in [-0.2, -0.15) is 0 Å². The van der Waals surface area contributed by atoms with Crippen LogP contribution in [0.15, 0.2) is 27.8 Å². The van der Waals surface area contributed by atoms with E-state index >= 15 is 0 Å². The number of nitrogen functional groups attached to an aromatic ring is 1. The molecule has 0 radical (unpaired) electrons. The Labute approximate surface area is 211 Å². The molecule has 0 unspecified atom stereocenters. The number of rotatable bonds is 10. The van der Waals surface area contributed by atoms with Crippen molar-refractivity contribution in [3.63, 3.8) is 0 Å². The molecule has 1 atom stereocenters. The summed E-state index contributed by atoms with van der Waals surface area (Å²) >= 11 is 0. The van der Waals surface area contributed by atoms with Crippen molar-refractivity contribution in [2.75, 3.05) is 43.5 Å². The third kappa shape index (κ3) is 5.43. The highest BCUT2D eigenvalue weighted by molar-refractivity contribution is 5.96. The second-order valence-corrected chi connectivity index (χ2v) is 9.43. The van der Waals surface area contributed by atoms with Crippen molar-refractivity contribution in [2.24, 2.45) is 0 Å². The zero-order chi connectivity index (χ0) is 25.7. The van der Waals surface area contributed by atoms with Gasteiger partial charge >= 0.3 is 5.69 Å². The Morgan fingerprint density at radius 3 is 2.64 bits per heavy atom. The Morgan fingerprint density at radius 2 is 1.89 bits per heavy atom. The number of nitrogens with zero attached hydrogens (tertiary/aromatic N) is 3. The predicted octanol–water partition coefficient (Wildman–Crippen LogP) is 2.66. The Balaban J connectivity index is 1.60. The highest BCUT2D eigenvalue weighted by atomic mass is 16.6. The first-order valence-corrected chi connectivity index (χ1v) is 13.0. The maximum atomic E-state index is 13.7. The summed E-state index contributed by atoms with van der Waals surface area (Å²) in [5.74, 6) is 1.32. The molecule has 0 aliphatic carbocycles. The van der Waals surface area contributed by atoms with E-state index in [1.165, 1.54) is 9.47 Å². The molecule has 36 heavy (non-hydrogen) atoms. The molecule has 2 aromatic rings. The van der Waals surface area contributed by atoms with Crippen molar-refractivity contribution in [3.05, 3.63) is 44.6 Å². The summed E-state index contributed by atoms with van der Waals surface area (Å²) in [6.45, 7) is 6.76. The van der Waals surface area contributed by atoms with Crippen LogP contribution in [0.3, 0.4) is 0 Å². The van der Waals surface area contributed by atoms with Crippen LogP contribution in [0.5, 0.6) is 11.5 Å². The lowest BCUT2D eigenvalue weighted by Crippen LogP contribution is -2.45. The lowest BCUT2D eigenvalue weighted by molar-refractivity contribution is -0.120. The molecule has 1 saturated heterocycles. The van der Waals surface area contributed by atoms with Crippen molar-refractivity contribution < 1.29 is 14.3 Å². The number of fused-ring (bicyclic) bond motifs is 1. The van der Waals surface area contributed by atoms with Crippen molar-refractivity contribution in [3.8, 4) is 11.5 Å². The third-order valence-electron chi connectivity index (χ3n) is 6.91. The smallest absolute Gasteiger partial charge is 0.330 e. The molecule has 2 aliphatic rings. The molecule has 196 valence electrons. The number of amides is 1. The first kappa shape index (κ1) is 25.8. The summed E-state index contributed by atoms with van der Waals surface area (Å²) in [7, 11) is 0. The minimum Gasteiger partial charge on any atom is -0.486 e. The molecule has 0 saturated carbocycles. The van der Waals surface area contributed by atoms with Crippen LogP contribution in [-0.2, 0) is 11.3 Å². The minimum atomic E-state index is -0.625. The molecule has 0 bridgehead atoms. The fraction of sp³-hybridized carbons (Fsp3) is 0.577. The maximum Gasteiger partial charge on any atom is 0.330 e. The van der Waals surface area contributed by atoms with Crippen LogP contribution >= 0.6 is 0 Å². The maximum absolute atomic E-state index is 13.7. The SMILES string of the molecule is CCCCN(C(=O)CN1CCC[C@@H]1c1ccc2c(c1)OCCO2)c1c(N)n(CCCC)c(=O)[nH]c1=O. The van der Waals surface area contributed by atoms with Gasteiger partial charge in [0.2, 0.25) is 5.91 Å². The van der Waals surface area contributed by atoms with E-state index in [0.29, 0.717) is 32.7 Å². The summed E-state index contributed by atoms with van der Waals surface area (Å²) in [5, 5.41) is 0. The van der Waals surface area contributed by atoms with E-state index in [4.69, 9.17) is 15.2 Å². The lowest BCUT2D eigenvalue weighted by atomic mass is 10.0. The number of likely N-dealkylation sites (tertiary alicyclic amines) is 1. The largest absolute Gasteiger partial charge is 0.486 e. The van der Waals surface area contributed by atoms with Crippen molar-refractivity contribution in [1.29, 1.82) is 0 Å². The molecule has 1 fully saturated rings. The number of carbonyl (C=O) groups is 1. The first-order chi connectivity index (χ1) is 17.4. The Bertz CT molecular complexity index is 1190. The van der Waals surface area contributed by atoms with Gasteiger partial charge in [0.25, 0.3) is 5.56 Å². The van der Waals surface area contributed by atoms with Crippen LogP contribution in [0.4, 0.5) is 11.5 Å². The van der Waals surface area contributed by atoms with E-state index in [0.717, 1.165) is 55.7 Å². The summed E-state index contributed by atoms with van der Waals surface area (Å²) in [5.41, 5.74) is 6.31. The van der Waals surface area contributed by atoms with Gasteiger partial charge in [0.1, 0.15) is 19.0 Å². The molecule has 1 amide bonds. The van der Waals surface area contributed by atoms with Gasteiger partial charge in [-0.3, -0.25) is 24.0 Å². The quantitative estimate of drug-likeness (QED) is 0.515. The molecule has 1 aromatic heterocycles. The van der Waals surface area contributed by atoms with Gasteiger partial charge in [-0.15, -0.1) is 0 Å². The lowest BCUT2D eigenvalue weighted by Gasteiger charge is -2.30. The van der Waals surface area contributed by atoms with Gasteiger partial charge in [-0.25, -0.2) is 4.79 Å². The number of ether oxygens (including phenoxy) is 2. The molecule has 0 spiro atoms. The van der Waals surface area contributed by atoms with E-state index in [2.05, 4.69) is 9.88 Å². The summed E-state index contributed by atoms with van der Waals surface area (Å²) in [4.78, 5) is 44.9. The first-order valence-electron chi connectivity index (χ1n) is 13.0. The molecular formula is C26H37N5O5. The molecule has 2 aliphatic heterocycles. The van der Waals surface area contributed by atoms with Crippen LogP contribution < -0.4 is 31.4 Å². The molecule has 10 heteroatoms. The number of hydrogen-bond donors (Lipinski definition) is 2. The van der Waals surface area contributed by atoms with Crippen LogP contribution in [0.1, 0.15) is 64.0 Å². The molecule has 1 aromatic carbocycles. The summed E-state index contributed by atoms with van der Waals surface area (Å²) in [6, 6.07) is 6.02. The zero-order valence-corrected chi connectivity index (χ0v) is 21.3. The second-order valence-electron chi connectivity index (χ2n) is 9.43. The molecule has 3 heterocycles. The fourth-order valence-corrected chi connectivity index (χ4v) is 4.97. The topological polar surface area (TPSA) is 123 Å². The van der Waals surface area contributed by atoms with E-state index in [1.807, 2.05) is 32.0 Å². The van der Waals surface area contributed by atoms with Crippen LogP contribution in [0.25, 0.3) is 0 Å². The Morgan fingerprint density at radius 1 is 1.14 bits per heavy atom. The average molecular weight is 500 g/mol. The normalized spacial score (nSPS) is 17.3. The van der Waals surface area contributed by atoms with E-state index in [-0.39, 0.29) is 30.0 Å². The van der Waals surface area contributed by atoms with Gasteiger partial charge in [-0.05, 0) is 49.9 Å². The number of unbranched alkanes of at least 4 members (excludes halogenated alkanes) is 2. The Kier molecular flexibility index (Phi) is 8.35. The number of anilines is 2. The van der Waals surface area contributed by atoms with Crippen LogP contribution in [-0.4, -0.2) is 53.2 Å². The summed E-state index contributed by atoms with van der Waals surface area (Å²) < 4.78 is 12.8. The highest BCUT2D eigenvalue weighted by Crippen LogP contribution is 2.38. The number of aromatic amines is 1. The number of carbonyl (C=O) groups excluding carboxylic acids is 1. The number of hydrogen-bond acceptors (Lipinski definition) is 7. The standard InChI is InChI=1S/C26H37N5O5/c1-3-5-12-30(23-24(27)31(13-6-4-2)26(34)28-25(23)33)22(32)17-29-11-7-8-19(29)18-9-10-20-21(16-18)36-15-14-35-20/h9-10,16,19H,3-8,11-15,17,27H2,1-2H3,(H,28,33,34)/t19-/m1/s1. The van der Waals surface area contributed by atoms with Crippen molar-refractivity contribution >= 4 is 17.4 Å². The number of benzene rings is 1. The molecule has 3 N–H and O–H groups in total. The predicted molar refractivity (Wildman–Crippen MR) is 139 cm³/mol. The van der Waals surface area contributed by atoms with Gasteiger partial charge in [0.05, 0.1) is 6.54 Å². The number of nitrogens with one attached hydrogen (secondary N) is 1. The van der Waals surface area contributed by atoms with E-state index in [9.17, 15) is 14.4 Å².